The highest BCUT2D eigenvalue weighted by Crippen LogP contribution is 2.42. The number of methoxy groups -OCH3 is 2. The summed E-state index contributed by atoms with van der Waals surface area (Å²) < 4.78 is 16.7. The third-order valence-corrected chi connectivity index (χ3v) is 4.16. The van der Waals surface area contributed by atoms with Crippen LogP contribution in [-0.4, -0.2) is 33.5 Å². The molecule has 1 aromatic carbocycles. The molecule has 0 aromatic heterocycles. The summed E-state index contributed by atoms with van der Waals surface area (Å²) in [6, 6.07) is 3.90. The van der Waals surface area contributed by atoms with Gasteiger partial charge in [0.05, 0.1) is 32.5 Å². The summed E-state index contributed by atoms with van der Waals surface area (Å²) in [4.78, 5) is 0. The van der Waals surface area contributed by atoms with Crippen molar-refractivity contribution in [1.29, 1.82) is 0 Å². The van der Waals surface area contributed by atoms with E-state index < -0.39 is 0 Å². The predicted molar refractivity (Wildman–Crippen MR) is 79.9 cm³/mol. The third-order valence-electron chi connectivity index (χ3n) is 3.80. The number of hydrogen-bond acceptors (Lipinski definition) is 4. The number of rotatable bonds is 5. The lowest BCUT2D eigenvalue weighted by atomic mass is 9.98. The van der Waals surface area contributed by atoms with Crippen molar-refractivity contribution >= 4 is 11.6 Å². The maximum Gasteiger partial charge on any atom is 0.146 e. The Bertz CT molecular complexity index is 467. The van der Waals surface area contributed by atoms with Gasteiger partial charge in [0.2, 0.25) is 0 Å². The number of hydrogen-bond donors (Lipinski definition) is 1. The van der Waals surface area contributed by atoms with Crippen LogP contribution in [0.2, 0.25) is 5.02 Å². The molecule has 1 aliphatic rings. The first-order valence-corrected chi connectivity index (χ1v) is 7.23. The maximum absolute atomic E-state index is 6.33. The third kappa shape index (κ3) is 2.87. The lowest BCUT2D eigenvalue weighted by molar-refractivity contribution is 0.0328. The molecule has 1 aromatic rings. The molecule has 2 rings (SSSR count). The largest absolute Gasteiger partial charge is 0.495 e. The SMILES string of the molecule is CNC(c1ccc(OC)c(Cl)c1OC)C1CCC(C)O1. The summed E-state index contributed by atoms with van der Waals surface area (Å²) in [5, 5.41) is 3.81. The zero-order valence-corrected chi connectivity index (χ0v) is 13.2. The highest BCUT2D eigenvalue weighted by atomic mass is 35.5. The fraction of sp³-hybridized carbons (Fsp3) is 0.600. The van der Waals surface area contributed by atoms with Crippen molar-refractivity contribution < 1.29 is 14.2 Å². The minimum atomic E-state index is 0.0540. The van der Waals surface area contributed by atoms with E-state index in [4.69, 9.17) is 25.8 Å². The van der Waals surface area contributed by atoms with Crippen molar-refractivity contribution in [3.8, 4) is 11.5 Å². The Hall–Kier alpha value is -0.970. The predicted octanol–water partition coefficient (Wildman–Crippen LogP) is 3.19. The minimum absolute atomic E-state index is 0.0540. The van der Waals surface area contributed by atoms with Crippen molar-refractivity contribution in [3.63, 3.8) is 0 Å². The van der Waals surface area contributed by atoms with Gasteiger partial charge in [-0.3, -0.25) is 0 Å². The minimum Gasteiger partial charge on any atom is -0.495 e. The zero-order valence-electron chi connectivity index (χ0n) is 12.4. The van der Waals surface area contributed by atoms with Gasteiger partial charge in [0.1, 0.15) is 16.5 Å². The number of nitrogens with one attached hydrogen (secondary N) is 1. The van der Waals surface area contributed by atoms with Gasteiger partial charge < -0.3 is 19.5 Å². The summed E-state index contributed by atoms with van der Waals surface area (Å²) >= 11 is 6.33. The van der Waals surface area contributed by atoms with E-state index in [-0.39, 0.29) is 12.1 Å². The van der Waals surface area contributed by atoms with E-state index in [0.717, 1.165) is 18.4 Å². The number of likely N-dealkylation sites (N-methyl/N-ethyl adjacent to an activating group) is 1. The first-order valence-electron chi connectivity index (χ1n) is 6.85. The van der Waals surface area contributed by atoms with Gasteiger partial charge in [-0.2, -0.15) is 0 Å². The molecule has 0 spiro atoms. The van der Waals surface area contributed by atoms with Gasteiger partial charge in [-0.15, -0.1) is 0 Å². The van der Waals surface area contributed by atoms with Crippen LogP contribution in [-0.2, 0) is 4.74 Å². The summed E-state index contributed by atoms with van der Waals surface area (Å²) in [6.07, 6.45) is 2.54. The molecule has 1 N–H and O–H groups in total. The molecule has 1 heterocycles. The van der Waals surface area contributed by atoms with E-state index in [1.165, 1.54) is 0 Å². The molecular formula is C15H22ClNO3. The van der Waals surface area contributed by atoms with Gasteiger partial charge in [0.25, 0.3) is 0 Å². The first kappa shape index (κ1) is 15.4. The van der Waals surface area contributed by atoms with E-state index in [0.29, 0.717) is 22.6 Å². The quantitative estimate of drug-likeness (QED) is 0.906. The normalized spacial score (nSPS) is 23.6. The molecule has 5 heteroatoms. The Labute approximate surface area is 125 Å². The highest BCUT2D eigenvalue weighted by molar-refractivity contribution is 6.33. The first-order chi connectivity index (χ1) is 9.62. The van der Waals surface area contributed by atoms with Crippen LogP contribution >= 0.6 is 11.6 Å². The van der Waals surface area contributed by atoms with Crippen LogP contribution in [0.3, 0.4) is 0 Å². The molecule has 0 radical (unpaired) electrons. The number of ether oxygens (including phenoxy) is 3. The van der Waals surface area contributed by atoms with Gasteiger partial charge in [-0.1, -0.05) is 11.6 Å². The Balaban J connectivity index is 2.36. The van der Waals surface area contributed by atoms with Crippen LogP contribution < -0.4 is 14.8 Å². The second-order valence-corrected chi connectivity index (χ2v) is 5.41. The Morgan fingerprint density at radius 2 is 2.05 bits per heavy atom. The van der Waals surface area contributed by atoms with Crippen LogP contribution in [0.25, 0.3) is 0 Å². The molecule has 1 saturated heterocycles. The highest BCUT2D eigenvalue weighted by Gasteiger charge is 2.32. The second-order valence-electron chi connectivity index (χ2n) is 5.03. The molecule has 3 unspecified atom stereocenters. The molecule has 4 nitrogen and oxygen atoms in total. The van der Waals surface area contributed by atoms with Gasteiger partial charge in [0, 0.05) is 5.56 Å². The molecule has 1 fully saturated rings. The molecule has 112 valence electrons. The van der Waals surface area contributed by atoms with Gasteiger partial charge in [-0.25, -0.2) is 0 Å². The zero-order chi connectivity index (χ0) is 14.7. The van der Waals surface area contributed by atoms with Crippen LogP contribution in [0.4, 0.5) is 0 Å². The van der Waals surface area contributed by atoms with Crippen LogP contribution in [0.1, 0.15) is 31.4 Å². The van der Waals surface area contributed by atoms with E-state index >= 15 is 0 Å². The maximum atomic E-state index is 6.33. The molecule has 0 saturated carbocycles. The smallest absolute Gasteiger partial charge is 0.146 e. The van der Waals surface area contributed by atoms with E-state index in [1.807, 2.05) is 19.2 Å². The van der Waals surface area contributed by atoms with Crippen molar-refractivity contribution in [1.82, 2.24) is 5.32 Å². The fourth-order valence-corrected chi connectivity index (χ4v) is 3.11. The lowest BCUT2D eigenvalue weighted by Gasteiger charge is -2.26. The lowest BCUT2D eigenvalue weighted by Crippen LogP contribution is -2.30. The van der Waals surface area contributed by atoms with Crippen LogP contribution in [0.15, 0.2) is 12.1 Å². The molecule has 0 aliphatic carbocycles. The number of benzene rings is 1. The molecule has 1 aliphatic heterocycles. The summed E-state index contributed by atoms with van der Waals surface area (Å²) in [7, 11) is 5.14. The van der Waals surface area contributed by atoms with Gasteiger partial charge in [0.15, 0.2) is 0 Å². The molecule has 3 atom stereocenters. The summed E-state index contributed by atoms with van der Waals surface area (Å²) in [6.45, 7) is 2.10. The molecule has 20 heavy (non-hydrogen) atoms. The molecular weight excluding hydrogens is 278 g/mol. The van der Waals surface area contributed by atoms with Crippen LogP contribution in [0.5, 0.6) is 11.5 Å². The molecule has 0 amide bonds. The molecule has 0 bridgehead atoms. The Kier molecular flexibility index (Phi) is 5.13. The van der Waals surface area contributed by atoms with Crippen molar-refractivity contribution in [2.24, 2.45) is 0 Å². The second kappa shape index (κ2) is 6.66. The van der Waals surface area contributed by atoms with Crippen molar-refractivity contribution in [2.45, 2.75) is 38.0 Å². The fourth-order valence-electron chi connectivity index (χ4n) is 2.78. The van der Waals surface area contributed by atoms with Crippen molar-refractivity contribution in [2.75, 3.05) is 21.3 Å². The number of halogens is 1. The van der Waals surface area contributed by atoms with Crippen LogP contribution in [0, 0.1) is 0 Å². The average molecular weight is 300 g/mol. The Morgan fingerprint density at radius 1 is 1.30 bits per heavy atom. The van der Waals surface area contributed by atoms with E-state index in [2.05, 4.69) is 12.2 Å². The standard InChI is InChI=1S/C15H22ClNO3/c1-9-5-7-12(20-9)14(17-2)10-6-8-11(18-3)13(16)15(10)19-4/h6,8-9,12,14,17H,5,7H2,1-4H3. The van der Waals surface area contributed by atoms with E-state index in [1.54, 1.807) is 14.2 Å². The summed E-state index contributed by atoms with van der Waals surface area (Å²) in [5.41, 5.74) is 1.000. The van der Waals surface area contributed by atoms with Gasteiger partial charge in [-0.05, 0) is 38.9 Å². The van der Waals surface area contributed by atoms with Gasteiger partial charge >= 0.3 is 0 Å². The summed E-state index contributed by atoms with van der Waals surface area (Å²) in [5.74, 6) is 1.26. The average Bonchev–Trinajstić information content (AvgIpc) is 2.86. The Morgan fingerprint density at radius 3 is 2.55 bits per heavy atom. The van der Waals surface area contributed by atoms with E-state index in [9.17, 15) is 0 Å². The topological polar surface area (TPSA) is 39.7 Å². The van der Waals surface area contributed by atoms with Crippen molar-refractivity contribution in [3.05, 3.63) is 22.7 Å². The monoisotopic (exact) mass is 299 g/mol.